The number of nitro groups is 1. The van der Waals surface area contributed by atoms with E-state index in [2.05, 4.69) is 0 Å². The summed E-state index contributed by atoms with van der Waals surface area (Å²) in [4.78, 5) is 12.0. The van der Waals surface area contributed by atoms with Crippen LogP contribution in [-0.2, 0) is 0 Å². The molecule has 1 fully saturated rings. The first-order chi connectivity index (χ1) is 7.59. The Labute approximate surface area is 92.8 Å². The maximum absolute atomic E-state index is 13.8. The van der Waals surface area contributed by atoms with Crippen LogP contribution < -0.4 is 4.90 Å². The van der Waals surface area contributed by atoms with Crippen LogP contribution in [0.5, 0.6) is 0 Å². The molecule has 0 saturated carbocycles. The zero-order valence-corrected chi connectivity index (χ0v) is 9.07. The van der Waals surface area contributed by atoms with Crippen molar-refractivity contribution in [3.05, 3.63) is 33.6 Å². The summed E-state index contributed by atoms with van der Waals surface area (Å²) in [5.41, 5.74) is 0.967. The average Bonchev–Trinajstić information content (AvgIpc) is 2.69. The lowest BCUT2D eigenvalue weighted by atomic mass is 10.1. The van der Waals surface area contributed by atoms with Gasteiger partial charge < -0.3 is 4.90 Å². The predicted molar refractivity (Wildman–Crippen MR) is 59.2 cm³/mol. The molecule has 1 heterocycles. The van der Waals surface area contributed by atoms with Crippen molar-refractivity contribution in [3.63, 3.8) is 0 Å². The highest BCUT2D eigenvalue weighted by atomic mass is 19.1. The minimum atomic E-state index is -0.566. The highest BCUT2D eigenvalue weighted by Crippen LogP contribution is 2.30. The smallest absolute Gasteiger partial charge is 0.272 e. The standard InChI is InChI=1S/C11H13FN2O2/c1-8-6-9(14(15)16)7-10(12)11(8)13-4-2-3-5-13/h6-7H,2-5H2,1H3. The van der Waals surface area contributed by atoms with Gasteiger partial charge in [0.05, 0.1) is 16.7 Å². The maximum Gasteiger partial charge on any atom is 0.272 e. The zero-order chi connectivity index (χ0) is 11.7. The summed E-state index contributed by atoms with van der Waals surface area (Å²) in [7, 11) is 0. The van der Waals surface area contributed by atoms with Crippen molar-refractivity contribution in [2.24, 2.45) is 0 Å². The number of halogens is 1. The van der Waals surface area contributed by atoms with Gasteiger partial charge in [-0.2, -0.15) is 0 Å². The lowest BCUT2D eigenvalue weighted by molar-refractivity contribution is -0.385. The van der Waals surface area contributed by atoms with Crippen molar-refractivity contribution in [3.8, 4) is 0 Å². The van der Waals surface area contributed by atoms with Crippen LogP contribution in [0.3, 0.4) is 0 Å². The van der Waals surface area contributed by atoms with Crippen molar-refractivity contribution in [1.82, 2.24) is 0 Å². The minimum absolute atomic E-state index is 0.182. The molecule has 4 nitrogen and oxygen atoms in total. The first-order valence-electron chi connectivity index (χ1n) is 5.29. The Kier molecular flexibility index (Phi) is 2.77. The number of anilines is 1. The van der Waals surface area contributed by atoms with Crippen LogP contribution >= 0.6 is 0 Å². The molecule has 0 aliphatic carbocycles. The number of rotatable bonds is 2. The number of benzene rings is 1. The first kappa shape index (κ1) is 10.9. The van der Waals surface area contributed by atoms with Gasteiger partial charge in [0.2, 0.25) is 0 Å². The quantitative estimate of drug-likeness (QED) is 0.573. The third-order valence-corrected chi connectivity index (χ3v) is 2.87. The number of non-ortho nitro benzene ring substituents is 1. The lowest BCUT2D eigenvalue weighted by Crippen LogP contribution is -2.20. The van der Waals surface area contributed by atoms with Crippen molar-refractivity contribution in [2.45, 2.75) is 19.8 Å². The second-order valence-corrected chi connectivity index (χ2v) is 4.04. The fraction of sp³-hybridized carbons (Fsp3) is 0.455. The van der Waals surface area contributed by atoms with E-state index >= 15 is 0 Å². The van der Waals surface area contributed by atoms with Crippen LogP contribution in [0.25, 0.3) is 0 Å². The fourth-order valence-corrected chi connectivity index (χ4v) is 2.17. The van der Waals surface area contributed by atoms with E-state index in [-0.39, 0.29) is 5.69 Å². The van der Waals surface area contributed by atoms with E-state index in [1.807, 2.05) is 4.90 Å². The van der Waals surface area contributed by atoms with Crippen LogP contribution in [0, 0.1) is 22.9 Å². The number of nitro benzene ring substituents is 1. The topological polar surface area (TPSA) is 46.4 Å². The van der Waals surface area contributed by atoms with E-state index in [0.29, 0.717) is 11.3 Å². The van der Waals surface area contributed by atoms with Crippen LogP contribution in [0.4, 0.5) is 15.8 Å². The molecule has 0 spiro atoms. The second kappa shape index (κ2) is 4.08. The number of nitrogens with zero attached hydrogens (tertiary/aromatic N) is 2. The largest absolute Gasteiger partial charge is 0.369 e. The molecular weight excluding hydrogens is 211 g/mol. The van der Waals surface area contributed by atoms with Crippen LogP contribution in [-0.4, -0.2) is 18.0 Å². The van der Waals surface area contributed by atoms with Crippen molar-refractivity contribution in [1.29, 1.82) is 0 Å². The van der Waals surface area contributed by atoms with E-state index in [1.54, 1.807) is 6.92 Å². The monoisotopic (exact) mass is 224 g/mol. The molecule has 1 saturated heterocycles. The summed E-state index contributed by atoms with van der Waals surface area (Å²) in [6.45, 7) is 3.37. The van der Waals surface area contributed by atoms with Gasteiger partial charge in [-0.3, -0.25) is 10.1 Å². The molecule has 5 heteroatoms. The molecule has 16 heavy (non-hydrogen) atoms. The molecule has 0 aromatic heterocycles. The summed E-state index contributed by atoms with van der Waals surface area (Å²) in [6.07, 6.45) is 2.10. The molecular formula is C11H13FN2O2. The summed E-state index contributed by atoms with van der Waals surface area (Å²) in [5, 5.41) is 10.6. The third-order valence-electron chi connectivity index (χ3n) is 2.87. The van der Waals surface area contributed by atoms with E-state index in [9.17, 15) is 14.5 Å². The first-order valence-corrected chi connectivity index (χ1v) is 5.29. The lowest BCUT2D eigenvalue weighted by Gasteiger charge is -2.20. The molecule has 1 aromatic rings. The minimum Gasteiger partial charge on any atom is -0.369 e. The molecule has 1 aliphatic rings. The Morgan fingerprint density at radius 3 is 2.50 bits per heavy atom. The Morgan fingerprint density at radius 1 is 1.38 bits per heavy atom. The Morgan fingerprint density at radius 2 is 2.00 bits per heavy atom. The van der Waals surface area contributed by atoms with Gasteiger partial charge in [-0.25, -0.2) is 4.39 Å². The molecule has 0 amide bonds. The molecule has 86 valence electrons. The van der Waals surface area contributed by atoms with E-state index in [1.165, 1.54) is 6.07 Å². The van der Waals surface area contributed by atoms with E-state index < -0.39 is 10.7 Å². The van der Waals surface area contributed by atoms with Crippen LogP contribution in [0.15, 0.2) is 12.1 Å². The normalized spacial score (nSPS) is 15.5. The van der Waals surface area contributed by atoms with Gasteiger partial charge in [0.25, 0.3) is 5.69 Å². The zero-order valence-electron chi connectivity index (χ0n) is 9.07. The highest BCUT2D eigenvalue weighted by molar-refractivity contribution is 5.59. The van der Waals surface area contributed by atoms with E-state index in [4.69, 9.17) is 0 Å². The Balaban J connectivity index is 2.42. The Bertz CT molecular complexity index is 405. The van der Waals surface area contributed by atoms with Crippen molar-refractivity contribution >= 4 is 11.4 Å². The van der Waals surface area contributed by atoms with Gasteiger partial charge in [-0.1, -0.05) is 0 Å². The van der Waals surface area contributed by atoms with E-state index in [0.717, 1.165) is 32.0 Å². The van der Waals surface area contributed by atoms with Gasteiger partial charge in [0, 0.05) is 19.2 Å². The van der Waals surface area contributed by atoms with Gasteiger partial charge in [0.15, 0.2) is 5.82 Å². The molecule has 0 radical (unpaired) electrons. The molecule has 0 atom stereocenters. The molecule has 0 unspecified atom stereocenters. The third kappa shape index (κ3) is 1.85. The van der Waals surface area contributed by atoms with Crippen molar-refractivity contribution < 1.29 is 9.31 Å². The maximum atomic E-state index is 13.8. The van der Waals surface area contributed by atoms with Crippen LogP contribution in [0.1, 0.15) is 18.4 Å². The number of hydrogen-bond donors (Lipinski definition) is 0. The summed E-state index contributed by atoms with van der Waals surface area (Å²) < 4.78 is 13.8. The molecule has 1 aliphatic heterocycles. The van der Waals surface area contributed by atoms with Crippen LogP contribution in [0.2, 0.25) is 0 Å². The molecule has 0 N–H and O–H groups in total. The summed E-state index contributed by atoms with van der Waals surface area (Å²) >= 11 is 0. The van der Waals surface area contributed by atoms with Gasteiger partial charge in [-0.05, 0) is 25.3 Å². The Hall–Kier alpha value is -1.65. The summed E-state index contributed by atoms with van der Waals surface area (Å²) in [6, 6.07) is 2.43. The van der Waals surface area contributed by atoms with Gasteiger partial charge >= 0.3 is 0 Å². The number of hydrogen-bond acceptors (Lipinski definition) is 3. The second-order valence-electron chi connectivity index (χ2n) is 4.04. The van der Waals surface area contributed by atoms with Crippen molar-refractivity contribution in [2.75, 3.05) is 18.0 Å². The summed E-state index contributed by atoms with van der Waals surface area (Å²) in [5.74, 6) is -0.492. The average molecular weight is 224 g/mol. The molecule has 0 bridgehead atoms. The molecule has 1 aromatic carbocycles. The highest BCUT2D eigenvalue weighted by Gasteiger charge is 2.21. The fourth-order valence-electron chi connectivity index (χ4n) is 2.17. The van der Waals surface area contributed by atoms with Gasteiger partial charge in [0.1, 0.15) is 0 Å². The molecule has 2 rings (SSSR count). The number of aryl methyl sites for hydroxylation is 1. The predicted octanol–water partition coefficient (Wildman–Crippen LogP) is 2.64. The SMILES string of the molecule is Cc1cc([N+](=O)[O-])cc(F)c1N1CCCC1. The van der Waals surface area contributed by atoms with Gasteiger partial charge in [-0.15, -0.1) is 0 Å².